The van der Waals surface area contributed by atoms with E-state index in [0.29, 0.717) is 0 Å². The third-order valence-corrected chi connectivity index (χ3v) is 4.21. The molecule has 2 bridgehead atoms. The van der Waals surface area contributed by atoms with Crippen LogP contribution in [-0.4, -0.2) is 18.0 Å². The number of hydrogen-bond donors (Lipinski definition) is 0. The van der Waals surface area contributed by atoms with Gasteiger partial charge in [-0.15, -0.1) is 0 Å². The van der Waals surface area contributed by atoms with E-state index >= 15 is 0 Å². The molecule has 1 saturated heterocycles. The zero-order chi connectivity index (χ0) is 10.7. The third kappa shape index (κ3) is 2.38. The van der Waals surface area contributed by atoms with Crippen molar-refractivity contribution in [2.24, 2.45) is 0 Å². The van der Waals surface area contributed by atoms with Crippen molar-refractivity contribution in [3.63, 3.8) is 0 Å². The van der Waals surface area contributed by atoms with Crippen LogP contribution in [0.15, 0.2) is 11.3 Å². The van der Waals surface area contributed by atoms with Gasteiger partial charge in [0.15, 0.2) is 0 Å². The van der Waals surface area contributed by atoms with Crippen LogP contribution in [0.4, 0.5) is 0 Å². The Morgan fingerprint density at radius 2 is 1.93 bits per heavy atom. The number of fused-ring (bicyclic) bond motifs is 2. The molecule has 0 aromatic carbocycles. The average Bonchev–Trinajstić information content (AvgIpc) is 2.50. The van der Waals surface area contributed by atoms with Gasteiger partial charge in [0.05, 0.1) is 0 Å². The zero-order valence-electron chi connectivity index (χ0n) is 10.4. The van der Waals surface area contributed by atoms with Crippen molar-refractivity contribution in [2.45, 2.75) is 70.8 Å². The fourth-order valence-electron chi connectivity index (χ4n) is 3.18. The van der Waals surface area contributed by atoms with Gasteiger partial charge in [0, 0.05) is 18.8 Å². The lowest BCUT2D eigenvalue weighted by atomic mass is 9.96. The molecule has 1 atom stereocenters. The molecular formula is C14H25N. The molecule has 0 amide bonds. The van der Waals surface area contributed by atoms with Crippen LogP contribution in [-0.2, 0) is 0 Å². The number of rotatable bonds is 5. The van der Waals surface area contributed by atoms with Gasteiger partial charge < -0.3 is 4.90 Å². The van der Waals surface area contributed by atoms with Crippen LogP contribution >= 0.6 is 0 Å². The lowest BCUT2D eigenvalue weighted by molar-refractivity contribution is 0.308. The van der Waals surface area contributed by atoms with Crippen LogP contribution in [0.1, 0.15) is 64.7 Å². The van der Waals surface area contributed by atoms with E-state index in [4.69, 9.17) is 0 Å². The normalized spacial score (nSPS) is 25.2. The molecule has 2 aliphatic rings. The van der Waals surface area contributed by atoms with E-state index < -0.39 is 0 Å². The van der Waals surface area contributed by atoms with Gasteiger partial charge in [-0.05, 0) is 38.5 Å². The van der Waals surface area contributed by atoms with E-state index in [1.54, 1.807) is 11.3 Å². The van der Waals surface area contributed by atoms with Crippen LogP contribution in [0.25, 0.3) is 0 Å². The van der Waals surface area contributed by atoms with Crippen molar-refractivity contribution >= 4 is 0 Å². The number of nitrogens with zero attached hydrogens (tertiary/aromatic N) is 1. The zero-order valence-corrected chi connectivity index (χ0v) is 10.4. The lowest BCUT2D eigenvalue weighted by Crippen LogP contribution is -2.28. The molecule has 0 aromatic rings. The molecule has 15 heavy (non-hydrogen) atoms. The summed E-state index contributed by atoms with van der Waals surface area (Å²) < 4.78 is 0. The highest BCUT2D eigenvalue weighted by atomic mass is 15.2. The Labute approximate surface area is 94.5 Å². The first-order valence-electron chi connectivity index (χ1n) is 6.76. The van der Waals surface area contributed by atoms with E-state index in [1.807, 2.05) is 0 Å². The molecule has 0 aliphatic carbocycles. The molecule has 0 radical (unpaired) electrons. The van der Waals surface area contributed by atoms with Gasteiger partial charge >= 0.3 is 0 Å². The van der Waals surface area contributed by atoms with E-state index in [1.165, 1.54) is 57.8 Å². The van der Waals surface area contributed by atoms with Gasteiger partial charge in [0.2, 0.25) is 0 Å². The monoisotopic (exact) mass is 207 g/mol. The van der Waals surface area contributed by atoms with Crippen LogP contribution in [0.2, 0.25) is 0 Å². The average molecular weight is 207 g/mol. The smallest absolute Gasteiger partial charge is 0.0290 e. The van der Waals surface area contributed by atoms with Crippen LogP contribution in [0.5, 0.6) is 0 Å². The van der Waals surface area contributed by atoms with E-state index in [-0.39, 0.29) is 0 Å². The molecule has 2 heterocycles. The maximum atomic E-state index is 2.57. The Kier molecular flexibility index (Phi) is 3.71. The first-order valence-corrected chi connectivity index (χ1v) is 6.76. The second kappa shape index (κ2) is 5.05. The molecule has 2 rings (SSSR count). The van der Waals surface area contributed by atoms with E-state index in [0.717, 1.165) is 6.04 Å². The highest BCUT2D eigenvalue weighted by molar-refractivity contribution is 5.21. The second-order valence-corrected chi connectivity index (χ2v) is 5.20. The highest BCUT2D eigenvalue weighted by Crippen LogP contribution is 2.39. The predicted molar refractivity (Wildman–Crippen MR) is 65.8 cm³/mol. The fourth-order valence-corrected chi connectivity index (χ4v) is 3.18. The topological polar surface area (TPSA) is 3.24 Å². The summed E-state index contributed by atoms with van der Waals surface area (Å²) in [6.07, 6.45) is 12.6. The van der Waals surface area contributed by atoms with E-state index in [9.17, 15) is 0 Å². The summed E-state index contributed by atoms with van der Waals surface area (Å²) in [6, 6.07) is 0.888. The standard InChI is InChI=1S/C14H25N/c1-3-4-5-6-7-12-8-9-13-10-11-14(12)15(13)2/h13H,3-11H2,1-2H3/t13-/m1/s1. The van der Waals surface area contributed by atoms with Crippen molar-refractivity contribution in [1.29, 1.82) is 0 Å². The minimum absolute atomic E-state index is 0.888. The molecule has 0 N–H and O–H groups in total. The van der Waals surface area contributed by atoms with Crippen LogP contribution in [0, 0.1) is 0 Å². The van der Waals surface area contributed by atoms with Crippen molar-refractivity contribution in [3.8, 4) is 0 Å². The van der Waals surface area contributed by atoms with Gasteiger partial charge in [-0.25, -0.2) is 0 Å². The van der Waals surface area contributed by atoms with Gasteiger partial charge in [0.1, 0.15) is 0 Å². The van der Waals surface area contributed by atoms with Gasteiger partial charge in [-0.3, -0.25) is 0 Å². The summed E-state index contributed by atoms with van der Waals surface area (Å²) in [5.41, 5.74) is 3.50. The molecule has 0 aromatic heterocycles. The molecule has 0 saturated carbocycles. The summed E-state index contributed by atoms with van der Waals surface area (Å²) in [4.78, 5) is 2.57. The largest absolute Gasteiger partial charge is 0.375 e. The number of unbranched alkanes of at least 4 members (excludes halogenated alkanes) is 3. The van der Waals surface area contributed by atoms with Crippen molar-refractivity contribution in [3.05, 3.63) is 11.3 Å². The van der Waals surface area contributed by atoms with Gasteiger partial charge in [-0.2, -0.15) is 0 Å². The van der Waals surface area contributed by atoms with Gasteiger partial charge in [-0.1, -0.05) is 31.8 Å². The molecular weight excluding hydrogens is 182 g/mol. The molecule has 1 fully saturated rings. The number of allylic oxidation sites excluding steroid dienone is 2. The Morgan fingerprint density at radius 3 is 2.73 bits per heavy atom. The second-order valence-electron chi connectivity index (χ2n) is 5.20. The molecule has 1 heteroatoms. The van der Waals surface area contributed by atoms with Gasteiger partial charge in [0.25, 0.3) is 0 Å². The summed E-state index contributed by atoms with van der Waals surface area (Å²) in [5, 5.41) is 0. The Morgan fingerprint density at radius 1 is 1.13 bits per heavy atom. The fraction of sp³-hybridized carbons (Fsp3) is 0.857. The summed E-state index contributed by atoms with van der Waals surface area (Å²) in [5.74, 6) is 0. The van der Waals surface area contributed by atoms with Crippen LogP contribution < -0.4 is 0 Å². The first-order chi connectivity index (χ1) is 7.33. The highest BCUT2D eigenvalue weighted by Gasteiger charge is 2.30. The SMILES string of the molecule is CCCCCCC1=C2CC[C@@H](CC1)N2C. The van der Waals surface area contributed by atoms with Crippen LogP contribution in [0.3, 0.4) is 0 Å². The quantitative estimate of drug-likeness (QED) is 0.613. The summed E-state index contributed by atoms with van der Waals surface area (Å²) in [7, 11) is 2.30. The maximum Gasteiger partial charge on any atom is 0.0290 e. The summed E-state index contributed by atoms with van der Waals surface area (Å²) >= 11 is 0. The predicted octanol–water partition coefficient (Wildman–Crippen LogP) is 4.10. The van der Waals surface area contributed by atoms with Crippen molar-refractivity contribution in [1.82, 2.24) is 4.90 Å². The Bertz CT molecular complexity index is 242. The maximum absolute atomic E-state index is 2.57. The minimum Gasteiger partial charge on any atom is -0.375 e. The summed E-state index contributed by atoms with van der Waals surface area (Å²) in [6.45, 7) is 2.29. The number of hydrogen-bond acceptors (Lipinski definition) is 1. The lowest BCUT2D eigenvalue weighted by Gasteiger charge is -2.30. The van der Waals surface area contributed by atoms with E-state index in [2.05, 4.69) is 18.9 Å². The first kappa shape index (κ1) is 11.0. The Balaban J connectivity index is 1.85. The van der Waals surface area contributed by atoms with Crippen molar-refractivity contribution in [2.75, 3.05) is 7.05 Å². The molecule has 1 nitrogen and oxygen atoms in total. The minimum atomic E-state index is 0.888. The molecule has 86 valence electrons. The molecule has 0 unspecified atom stereocenters. The molecule has 0 spiro atoms. The Hall–Kier alpha value is -0.460. The van der Waals surface area contributed by atoms with Crippen molar-refractivity contribution < 1.29 is 0 Å². The molecule has 2 aliphatic heterocycles. The third-order valence-electron chi connectivity index (χ3n) is 4.21.